The van der Waals surface area contributed by atoms with Crippen molar-refractivity contribution in [1.82, 2.24) is 24.6 Å². The second kappa shape index (κ2) is 7.40. The molecule has 1 fully saturated rings. The standard InChI is InChI=1S/C19H24N6O2/c1-23-17-5-4-14(18(27)20-7-2-9-25-10-3-8-21-25)12-16(17)22-19(23)24-11-6-15(26)13-24/h3-5,8,10,12,15,26H,2,6-7,9,11,13H2,1H3,(H,20,27)/t15-/m0/s1. The Bertz CT molecular complexity index is 933. The molecule has 2 aromatic heterocycles. The maximum atomic E-state index is 12.4. The third-order valence-electron chi connectivity index (χ3n) is 4.97. The predicted octanol–water partition coefficient (Wildman–Crippen LogP) is 1.16. The summed E-state index contributed by atoms with van der Waals surface area (Å²) >= 11 is 0. The van der Waals surface area contributed by atoms with Gasteiger partial charge in [0.1, 0.15) is 0 Å². The highest BCUT2D eigenvalue weighted by molar-refractivity contribution is 5.97. The molecule has 0 saturated carbocycles. The first kappa shape index (κ1) is 17.5. The SMILES string of the molecule is Cn1c(N2CC[C@H](O)C2)nc2cc(C(=O)NCCCn3cccn3)ccc21. The van der Waals surface area contributed by atoms with Crippen LogP contribution in [0, 0.1) is 0 Å². The van der Waals surface area contributed by atoms with Crippen LogP contribution in [0.2, 0.25) is 0 Å². The lowest BCUT2D eigenvalue weighted by atomic mass is 10.2. The molecular formula is C19H24N6O2. The van der Waals surface area contributed by atoms with Gasteiger partial charge in [0.2, 0.25) is 5.95 Å². The summed E-state index contributed by atoms with van der Waals surface area (Å²) in [5.74, 6) is 0.736. The van der Waals surface area contributed by atoms with Crippen LogP contribution in [0.4, 0.5) is 5.95 Å². The molecule has 142 valence electrons. The van der Waals surface area contributed by atoms with Crippen molar-refractivity contribution in [3.63, 3.8) is 0 Å². The molecule has 1 aromatic carbocycles. The van der Waals surface area contributed by atoms with Gasteiger partial charge in [0, 0.05) is 51.2 Å². The van der Waals surface area contributed by atoms with Crippen LogP contribution in [0.15, 0.2) is 36.7 Å². The lowest BCUT2D eigenvalue weighted by Gasteiger charge is -2.16. The Kier molecular flexibility index (Phi) is 4.81. The van der Waals surface area contributed by atoms with Gasteiger partial charge in [-0.25, -0.2) is 4.98 Å². The first-order chi connectivity index (χ1) is 13.1. The molecule has 4 rings (SSSR count). The Hall–Kier alpha value is -2.87. The number of β-amino-alcohol motifs (C(OH)–C–C–N with tert-alkyl or cyclic N) is 1. The number of anilines is 1. The maximum absolute atomic E-state index is 12.4. The van der Waals surface area contributed by atoms with Gasteiger partial charge in [-0.15, -0.1) is 0 Å². The van der Waals surface area contributed by atoms with Crippen molar-refractivity contribution in [2.24, 2.45) is 7.05 Å². The number of hydrogen-bond donors (Lipinski definition) is 2. The second-order valence-corrected chi connectivity index (χ2v) is 6.94. The minimum atomic E-state index is -0.298. The van der Waals surface area contributed by atoms with E-state index in [0.29, 0.717) is 18.7 Å². The van der Waals surface area contributed by atoms with Crippen LogP contribution in [0.25, 0.3) is 11.0 Å². The Balaban J connectivity index is 1.42. The van der Waals surface area contributed by atoms with Gasteiger partial charge < -0.3 is 19.9 Å². The van der Waals surface area contributed by atoms with E-state index in [1.54, 1.807) is 6.20 Å². The van der Waals surface area contributed by atoms with Gasteiger partial charge in [-0.2, -0.15) is 5.10 Å². The predicted molar refractivity (Wildman–Crippen MR) is 103 cm³/mol. The molecule has 27 heavy (non-hydrogen) atoms. The van der Waals surface area contributed by atoms with Crippen molar-refractivity contribution < 1.29 is 9.90 Å². The molecule has 0 aliphatic carbocycles. The number of aryl methyl sites for hydroxylation is 2. The minimum absolute atomic E-state index is 0.0961. The summed E-state index contributed by atoms with van der Waals surface area (Å²) in [4.78, 5) is 19.2. The number of imidazole rings is 1. The third-order valence-corrected chi connectivity index (χ3v) is 4.97. The zero-order chi connectivity index (χ0) is 18.8. The Labute approximate surface area is 157 Å². The van der Waals surface area contributed by atoms with E-state index in [9.17, 15) is 9.90 Å². The highest BCUT2D eigenvalue weighted by Gasteiger charge is 2.24. The van der Waals surface area contributed by atoms with Crippen LogP contribution in [0.3, 0.4) is 0 Å². The van der Waals surface area contributed by atoms with Crippen molar-refractivity contribution in [2.75, 3.05) is 24.5 Å². The second-order valence-electron chi connectivity index (χ2n) is 6.94. The van der Waals surface area contributed by atoms with Crippen molar-refractivity contribution in [3.8, 4) is 0 Å². The number of aliphatic hydroxyl groups is 1. The molecule has 1 saturated heterocycles. The Morgan fingerprint density at radius 3 is 3.04 bits per heavy atom. The largest absolute Gasteiger partial charge is 0.391 e. The van der Waals surface area contributed by atoms with E-state index in [-0.39, 0.29) is 12.0 Å². The number of nitrogens with one attached hydrogen (secondary N) is 1. The molecule has 3 aromatic rings. The molecule has 8 nitrogen and oxygen atoms in total. The smallest absolute Gasteiger partial charge is 0.251 e. The highest BCUT2D eigenvalue weighted by Crippen LogP contribution is 2.25. The number of rotatable bonds is 6. The monoisotopic (exact) mass is 368 g/mol. The number of benzene rings is 1. The summed E-state index contributed by atoms with van der Waals surface area (Å²) in [5.41, 5.74) is 2.37. The lowest BCUT2D eigenvalue weighted by molar-refractivity contribution is 0.0952. The topological polar surface area (TPSA) is 88.2 Å². The van der Waals surface area contributed by atoms with Crippen LogP contribution < -0.4 is 10.2 Å². The van der Waals surface area contributed by atoms with E-state index in [0.717, 1.165) is 42.9 Å². The number of amides is 1. The molecule has 0 radical (unpaired) electrons. The average Bonchev–Trinajstić information content (AvgIpc) is 3.39. The molecule has 0 bridgehead atoms. The fraction of sp³-hybridized carbons (Fsp3) is 0.421. The number of nitrogens with zero attached hydrogens (tertiary/aromatic N) is 5. The van der Waals surface area contributed by atoms with Gasteiger partial charge in [-0.3, -0.25) is 9.48 Å². The number of aromatic nitrogens is 4. The van der Waals surface area contributed by atoms with Gasteiger partial charge in [0.25, 0.3) is 5.91 Å². The molecule has 1 amide bonds. The van der Waals surface area contributed by atoms with E-state index >= 15 is 0 Å². The Morgan fingerprint density at radius 2 is 2.30 bits per heavy atom. The number of aliphatic hydroxyl groups excluding tert-OH is 1. The van der Waals surface area contributed by atoms with Gasteiger partial charge in [-0.05, 0) is 37.1 Å². The molecule has 1 atom stereocenters. The lowest BCUT2D eigenvalue weighted by Crippen LogP contribution is -2.25. The number of carbonyl (C=O) groups excluding carboxylic acids is 1. The van der Waals surface area contributed by atoms with Gasteiger partial charge >= 0.3 is 0 Å². The van der Waals surface area contributed by atoms with E-state index in [2.05, 4.69) is 20.3 Å². The molecule has 2 N–H and O–H groups in total. The number of carbonyl (C=O) groups is 1. The van der Waals surface area contributed by atoms with E-state index in [1.165, 1.54) is 0 Å². The first-order valence-corrected chi connectivity index (χ1v) is 9.27. The summed E-state index contributed by atoms with van der Waals surface area (Å²) in [6.45, 7) is 2.76. The van der Waals surface area contributed by atoms with Crippen molar-refractivity contribution in [1.29, 1.82) is 0 Å². The molecule has 1 aliphatic rings. The zero-order valence-electron chi connectivity index (χ0n) is 15.4. The molecule has 0 spiro atoms. The van der Waals surface area contributed by atoms with Crippen LogP contribution in [-0.2, 0) is 13.6 Å². The third kappa shape index (κ3) is 3.66. The molecule has 1 aliphatic heterocycles. The van der Waals surface area contributed by atoms with Crippen LogP contribution in [0.5, 0.6) is 0 Å². The summed E-state index contributed by atoms with van der Waals surface area (Å²) in [5, 5.41) is 16.9. The van der Waals surface area contributed by atoms with E-state index in [1.807, 2.05) is 46.8 Å². The van der Waals surface area contributed by atoms with Crippen molar-refractivity contribution in [2.45, 2.75) is 25.5 Å². The quantitative estimate of drug-likeness (QED) is 0.638. The fourth-order valence-electron chi connectivity index (χ4n) is 3.51. The van der Waals surface area contributed by atoms with Gasteiger partial charge in [-0.1, -0.05) is 0 Å². The van der Waals surface area contributed by atoms with Crippen LogP contribution in [-0.4, -0.2) is 56.1 Å². The van der Waals surface area contributed by atoms with Gasteiger partial charge in [0.05, 0.1) is 17.1 Å². The van der Waals surface area contributed by atoms with E-state index < -0.39 is 0 Å². The van der Waals surface area contributed by atoms with Crippen molar-refractivity contribution in [3.05, 3.63) is 42.2 Å². The molecular weight excluding hydrogens is 344 g/mol. The van der Waals surface area contributed by atoms with E-state index in [4.69, 9.17) is 0 Å². The Morgan fingerprint density at radius 1 is 1.41 bits per heavy atom. The summed E-state index contributed by atoms with van der Waals surface area (Å²) < 4.78 is 3.86. The number of hydrogen-bond acceptors (Lipinski definition) is 5. The maximum Gasteiger partial charge on any atom is 0.251 e. The molecule has 3 heterocycles. The normalized spacial score (nSPS) is 17.0. The fourth-order valence-corrected chi connectivity index (χ4v) is 3.51. The minimum Gasteiger partial charge on any atom is -0.391 e. The van der Waals surface area contributed by atoms with Gasteiger partial charge in [0.15, 0.2) is 0 Å². The molecule has 8 heteroatoms. The summed E-state index contributed by atoms with van der Waals surface area (Å²) in [6, 6.07) is 7.47. The summed E-state index contributed by atoms with van der Waals surface area (Å²) in [7, 11) is 1.96. The van der Waals surface area contributed by atoms with Crippen LogP contribution >= 0.6 is 0 Å². The highest BCUT2D eigenvalue weighted by atomic mass is 16.3. The first-order valence-electron chi connectivity index (χ1n) is 9.27. The molecule has 0 unspecified atom stereocenters. The number of fused-ring (bicyclic) bond motifs is 1. The summed E-state index contributed by atoms with van der Waals surface area (Å²) in [6.07, 6.45) is 4.94. The average molecular weight is 368 g/mol. The van der Waals surface area contributed by atoms with Crippen LogP contribution in [0.1, 0.15) is 23.2 Å². The zero-order valence-corrected chi connectivity index (χ0v) is 15.4. The van der Waals surface area contributed by atoms with Crippen molar-refractivity contribution >= 4 is 22.9 Å².